The topological polar surface area (TPSA) is 38.1 Å². The molecule has 0 unspecified atom stereocenters. The number of hydrogen-bond acceptors (Lipinski definition) is 3. The number of nitrogens with zero attached hydrogens (tertiary/aromatic N) is 3. The smallest absolute Gasteiger partial charge is 0.204 e. The Morgan fingerprint density at radius 2 is 2.31 bits per heavy atom. The van der Waals surface area contributed by atoms with E-state index >= 15 is 0 Å². The maximum absolute atomic E-state index is 11.8. The summed E-state index contributed by atoms with van der Waals surface area (Å²) in [6.45, 7) is 3.38. The van der Waals surface area contributed by atoms with Crippen LogP contribution >= 0.6 is 15.9 Å². The Hall–Kier alpha value is -0.940. The quantitative estimate of drug-likeness (QED) is 0.613. The third-order valence-electron chi connectivity index (χ3n) is 2.11. The predicted octanol–water partition coefficient (Wildman–Crippen LogP) is 1.97. The average Bonchev–Trinajstić information content (AvgIpc) is 2.57. The zero-order chi connectivity index (χ0) is 12.1. The molecule has 0 atom stereocenters. The number of rotatable bonds is 5. The molecule has 0 saturated heterocycles. The van der Waals surface area contributed by atoms with Crippen molar-refractivity contribution >= 4 is 21.7 Å². The van der Waals surface area contributed by atoms with Gasteiger partial charge in [0.05, 0.1) is 17.2 Å². The average molecular weight is 286 g/mol. The van der Waals surface area contributed by atoms with Gasteiger partial charge in [-0.1, -0.05) is 6.08 Å². The molecular weight excluding hydrogens is 270 g/mol. The largest absolute Gasteiger partial charge is 0.308 e. The number of hydrogen-bond donors (Lipinski definition) is 0. The highest BCUT2D eigenvalue weighted by atomic mass is 79.9. The molecule has 0 aliphatic carbocycles. The van der Waals surface area contributed by atoms with Crippen LogP contribution in [0.5, 0.6) is 0 Å². The molecule has 88 valence electrons. The van der Waals surface area contributed by atoms with Crippen LogP contribution in [0, 0.1) is 0 Å². The minimum absolute atomic E-state index is 0.0226. The molecule has 16 heavy (non-hydrogen) atoms. The summed E-state index contributed by atoms with van der Waals surface area (Å²) >= 11 is 3.34. The molecule has 1 heterocycles. The summed E-state index contributed by atoms with van der Waals surface area (Å²) in [6.07, 6.45) is 4.94. The monoisotopic (exact) mass is 285 g/mol. The van der Waals surface area contributed by atoms with Crippen molar-refractivity contribution in [2.24, 2.45) is 0 Å². The summed E-state index contributed by atoms with van der Waals surface area (Å²) in [5, 5.41) is 4.18. The van der Waals surface area contributed by atoms with Crippen molar-refractivity contribution in [2.45, 2.75) is 13.5 Å². The molecule has 0 radical (unpaired) electrons. The van der Waals surface area contributed by atoms with E-state index in [0.717, 1.165) is 11.0 Å². The Labute approximate surface area is 104 Å². The van der Waals surface area contributed by atoms with E-state index in [9.17, 15) is 4.79 Å². The minimum Gasteiger partial charge on any atom is -0.308 e. The van der Waals surface area contributed by atoms with Gasteiger partial charge in [-0.3, -0.25) is 9.48 Å². The predicted molar refractivity (Wildman–Crippen MR) is 67.6 cm³/mol. The summed E-state index contributed by atoms with van der Waals surface area (Å²) < 4.78 is 2.47. The number of aromatic nitrogens is 2. The molecule has 0 spiro atoms. The summed E-state index contributed by atoms with van der Waals surface area (Å²) in [5.41, 5.74) is 0.611. The third kappa shape index (κ3) is 3.28. The highest BCUT2D eigenvalue weighted by Crippen LogP contribution is 2.17. The van der Waals surface area contributed by atoms with Crippen molar-refractivity contribution in [1.29, 1.82) is 0 Å². The Kier molecular flexibility index (Phi) is 4.89. The van der Waals surface area contributed by atoms with Gasteiger partial charge in [0.15, 0.2) is 0 Å². The van der Waals surface area contributed by atoms with Crippen molar-refractivity contribution in [3.8, 4) is 0 Å². The van der Waals surface area contributed by atoms with E-state index in [-0.39, 0.29) is 5.78 Å². The van der Waals surface area contributed by atoms with Crippen LogP contribution in [0.2, 0.25) is 0 Å². The van der Waals surface area contributed by atoms with Crippen LogP contribution < -0.4 is 0 Å². The first-order valence-corrected chi connectivity index (χ1v) is 5.88. The summed E-state index contributed by atoms with van der Waals surface area (Å²) in [5.74, 6) is -0.0226. The van der Waals surface area contributed by atoms with Gasteiger partial charge in [0.25, 0.3) is 0 Å². The molecule has 1 aromatic heterocycles. The van der Waals surface area contributed by atoms with Gasteiger partial charge in [-0.25, -0.2) is 0 Å². The van der Waals surface area contributed by atoms with E-state index in [4.69, 9.17) is 0 Å². The highest BCUT2D eigenvalue weighted by molar-refractivity contribution is 9.10. The summed E-state index contributed by atoms with van der Waals surface area (Å²) in [7, 11) is 3.98. The second-order valence-electron chi connectivity index (χ2n) is 3.73. The van der Waals surface area contributed by atoms with E-state index < -0.39 is 0 Å². The van der Waals surface area contributed by atoms with Gasteiger partial charge in [-0.15, -0.1) is 0 Å². The van der Waals surface area contributed by atoms with Gasteiger partial charge in [0, 0.05) is 6.54 Å². The molecule has 0 N–H and O–H groups in total. The van der Waals surface area contributed by atoms with Crippen LogP contribution in [-0.2, 0) is 6.54 Å². The van der Waals surface area contributed by atoms with Crippen LogP contribution in [0.3, 0.4) is 0 Å². The Balaban J connectivity index is 2.89. The minimum atomic E-state index is -0.0226. The Bertz CT molecular complexity index is 396. The van der Waals surface area contributed by atoms with E-state index in [1.54, 1.807) is 23.0 Å². The van der Waals surface area contributed by atoms with Gasteiger partial charge in [-0.2, -0.15) is 5.10 Å². The van der Waals surface area contributed by atoms with Crippen LogP contribution in [0.25, 0.3) is 0 Å². The van der Waals surface area contributed by atoms with Crippen LogP contribution in [-0.4, -0.2) is 41.1 Å². The summed E-state index contributed by atoms with van der Waals surface area (Å²) in [4.78, 5) is 13.9. The molecule has 0 aliphatic heterocycles. The number of halogens is 1. The van der Waals surface area contributed by atoms with Gasteiger partial charge >= 0.3 is 0 Å². The lowest BCUT2D eigenvalue weighted by Gasteiger charge is -2.10. The van der Waals surface area contributed by atoms with Gasteiger partial charge in [0.2, 0.25) is 5.78 Å². The highest BCUT2D eigenvalue weighted by Gasteiger charge is 2.14. The van der Waals surface area contributed by atoms with Crippen molar-refractivity contribution in [3.05, 3.63) is 28.5 Å². The van der Waals surface area contributed by atoms with Crippen molar-refractivity contribution in [1.82, 2.24) is 14.7 Å². The molecule has 0 saturated carbocycles. The van der Waals surface area contributed by atoms with Crippen LogP contribution in [0.1, 0.15) is 17.4 Å². The van der Waals surface area contributed by atoms with Gasteiger partial charge in [0.1, 0.15) is 5.69 Å². The van der Waals surface area contributed by atoms with Gasteiger partial charge in [-0.05, 0) is 43.0 Å². The van der Waals surface area contributed by atoms with Crippen LogP contribution in [0.15, 0.2) is 22.8 Å². The maximum atomic E-state index is 11.8. The molecule has 4 nitrogen and oxygen atoms in total. The zero-order valence-electron chi connectivity index (χ0n) is 9.77. The first-order chi connectivity index (χ1) is 7.56. The van der Waals surface area contributed by atoms with Crippen molar-refractivity contribution in [2.75, 3.05) is 20.6 Å². The molecule has 0 bridgehead atoms. The second-order valence-corrected chi connectivity index (χ2v) is 4.59. The molecule has 0 amide bonds. The lowest BCUT2D eigenvalue weighted by Crippen LogP contribution is -2.21. The normalized spacial score (nSPS) is 11.6. The van der Waals surface area contributed by atoms with E-state index in [1.165, 1.54) is 0 Å². The molecule has 1 aromatic rings. The zero-order valence-corrected chi connectivity index (χ0v) is 11.4. The number of carbonyl (C=O) groups excluding carboxylic acids is 1. The lowest BCUT2D eigenvalue weighted by atomic mass is 10.2. The van der Waals surface area contributed by atoms with Gasteiger partial charge < -0.3 is 4.90 Å². The fourth-order valence-corrected chi connectivity index (χ4v) is 1.79. The fourth-order valence-electron chi connectivity index (χ4n) is 1.30. The van der Waals surface area contributed by atoms with E-state index in [0.29, 0.717) is 12.2 Å². The molecule has 5 heteroatoms. The number of ketones is 1. The molecule has 1 rings (SSSR count). The standard InChI is InChI=1S/C11H16BrN3O/c1-4-5-10(16)11-9(12)8-13-15(11)7-6-14(2)3/h4-5,8H,6-7H2,1-3H3/b5-4+. The first-order valence-electron chi connectivity index (χ1n) is 5.09. The molecule has 0 aromatic carbocycles. The Morgan fingerprint density at radius 3 is 2.88 bits per heavy atom. The van der Waals surface area contributed by atoms with Crippen molar-refractivity contribution < 1.29 is 4.79 Å². The number of likely N-dealkylation sites (N-methyl/N-ethyl adjacent to an activating group) is 1. The third-order valence-corrected chi connectivity index (χ3v) is 2.69. The first kappa shape index (κ1) is 13.1. The van der Waals surface area contributed by atoms with E-state index in [2.05, 4.69) is 25.9 Å². The Morgan fingerprint density at radius 1 is 1.62 bits per heavy atom. The fraction of sp³-hybridized carbons (Fsp3) is 0.455. The molecule has 0 fully saturated rings. The maximum Gasteiger partial charge on any atom is 0.204 e. The summed E-state index contributed by atoms with van der Waals surface area (Å²) in [6, 6.07) is 0. The molecule has 0 aliphatic rings. The lowest BCUT2D eigenvalue weighted by molar-refractivity contribution is 0.103. The molecular formula is C11H16BrN3O. The SMILES string of the molecule is C/C=C/C(=O)c1c(Br)cnn1CCN(C)C. The van der Waals surface area contributed by atoms with Crippen LogP contribution in [0.4, 0.5) is 0 Å². The van der Waals surface area contributed by atoms with E-state index in [1.807, 2.05) is 21.0 Å². The second kappa shape index (κ2) is 5.96. The number of allylic oxidation sites excluding steroid dienone is 2. The van der Waals surface area contributed by atoms with Crippen molar-refractivity contribution in [3.63, 3.8) is 0 Å². The number of carbonyl (C=O) groups is 1.